The highest BCUT2D eigenvalue weighted by molar-refractivity contribution is 7.99. The first-order valence-corrected chi connectivity index (χ1v) is 7.06. The van der Waals surface area contributed by atoms with E-state index in [0.29, 0.717) is 18.3 Å². The Balaban J connectivity index is 1.79. The molecule has 3 aromatic heterocycles. The zero-order valence-corrected chi connectivity index (χ0v) is 12.0. The van der Waals surface area contributed by atoms with Crippen molar-refractivity contribution in [3.8, 4) is 0 Å². The van der Waals surface area contributed by atoms with Gasteiger partial charge >= 0.3 is 0 Å². The fourth-order valence-electron chi connectivity index (χ4n) is 1.84. The van der Waals surface area contributed by atoms with E-state index in [9.17, 15) is 0 Å². The van der Waals surface area contributed by atoms with Gasteiger partial charge in [-0.1, -0.05) is 23.0 Å². The average molecular weight is 290 g/mol. The van der Waals surface area contributed by atoms with Crippen molar-refractivity contribution in [3.63, 3.8) is 0 Å². The Labute approximate surface area is 120 Å². The van der Waals surface area contributed by atoms with E-state index in [-0.39, 0.29) is 5.25 Å². The van der Waals surface area contributed by atoms with E-state index in [1.54, 1.807) is 18.9 Å². The summed E-state index contributed by atoms with van der Waals surface area (Å²) in [6, 6.07) is 5.99. The van der Waals surface area contributed by atoms with Gasteiger partial charge in [0.25, 0.3) is 0 Å². The van der Waals surface area contributed by atoms with Crippen molar-refractivity contribution in [1.29, 1.82) is 0 Å². The lowest BCUT2D eigenvalue weighted by Gasteiger charge is -2.05. The summed E-state index contributed by atoms with van der Waals surface area (Å²) in [5.41, 5.74) is 1.06. The van der Waals surface area contributed by atoms with Crippen LogP contribution >= 0.6 is 11.8 Å². The van der Waals surface area contributed by atoms with Crippen LogP contribution in [0.25, 0.3) is 5.52 Å². The van der Waals surface area contributed by atoms with Crippen molar-refractivity contribution < 1.29 is 9.26 Å². The van der Waals surface area contributed by atoms with Gasteiger partial charge in [-0.3, -0.25) is 4.40 Å². The van der Waals surface area contributed by atoms with Crippen LogP contribution in [0.1, 0.15) is 23.9 Å². The molecule has 0 unspecified atom stereocenters. The van der Waals surface area contributed by atoms with Crippen LogP contribution in [0.2, 0.25) is 0 Å². The molecule has 7 heteroatoms. The molecule has 104 valence electrons. The van der Waals surface area contributed by atoms with E-state index < -0.39 is 0 Å². The number of imidazole rings is 1. The fourth-order valence-corrected chi connectivity index (χ4v) is 2.74. The van der Waals surface area contributed by atoms with Crippen LogP contribution in [-0.4, -0.2) is 26.6 Å². The lowest BCUT2D eigenvalue weighted by atomic mass is 10.4. The lowest BCUT2D eigenvalue weighted by Crippen LogP contribution is -1.94. The second kappa shape index (κ2) is 5.64. The Morgan fingerprint density at radius 1 is 1.45 bits per heavy atom. The van der Waals surface area contributed by atoms with Gasteiger partial charge in [0.05, 0.1) is 17.0 Å². The normalized spacial score (nSPS) is 12.9. The van der Waals surface area contributed by atoms with Crippen molar-refractivity contribution in [2.75, 3.05) is 7.11 Å². The van der Waals surface area contributed by atoms with Gasteiger partial charge in [-0.15, -0.1) is 0 Å². The van der Waals surface area contributed by atoms with Gasteiger partial charge in [0, 0.05) is 13.3 Å². The Kier molecular flexibility index (Phi) is 3.70. The first-order valence-electron chi connectivity index (χ1n) is 6.18. The topological polar surface area (TPSA) is 65.5 Å². The minimum atomic E-state index is 0.0268. The number of hydrogen-bond donors (Lipinski definition) is 0. The van der Waals surface area contributed by atoms with Crippen LogP contribution in [-0.2, 0) is 11.3 Å². The van der Waals surface area contributed by atoms with Crippen LogP contribution in [0, 0.1) is 0 Å². The van der Waals surface area contributed by atoms with Crippen LogP contribution in [0.15, 0.2) is 40.3 Å². The first-order chi connectivity index (χ1) is 9.78. The SMILES string of the molecule is COCc1noc([C@@H](C)Sc2ncc3ccccn23)n1. The summed E-state index contributed by atoms with van der Waals surface area (Å²) in [6.45, 7) is 2.37. The predicted molar refractivity (Wildman–Crippen MR) is 74.5 cm³/mol. The van der Waals surface area contributed by atoms with Gasteiger partial charge < -0.3 is 9.26 Å². The van der Waals surface area contributed by atoms with Crippen LogP contribution < -0.4 is 0 Å². The summed E-state index contributed by atoms with van der Waals surface area (Å²) in [5, 5.41) is 4.80. The van der Waals surface area contributed by atoms with Crippen LogP contribution in [0.4, 0.5) is 0 Å². The Bertz CT molecular complexity index is 709. The molecule has 6 nitrogen and oxygen atoms in total. The molecular formula is C13H14N4O2S. The van der Waals surface area contributed by atoms with Crippen molar-refractivity contribution in [2.45, 2.75) is 23.9 Å². The molecule has 1 atom stereocenters. The molecule has 0 aliphatic carbocycles. The van der Waals surface area contributed by atoms with E-state index in [1.165, 1.54) is 0 Å². The second-order valence-corrected chi connectivity index (χ2v) is 5.59. The summed E-state index contributed by atoms with van der Waals surface area (Å²) in [4.78, 5) is 8.72. The highest BCUT2D eigenvalue weighted by Crippen LogP contribution is 2.33. The third-order valence-corrected chi connectivity index (χ3v) is 3.86. The van der Waals surface area contributed by atoms with Gasteiger partial charge in [0.1, 0.15) is 6.61 Å². The molecule has 0 saturated heterocycles. The van der Waals surface area contributed by atoms with Crippen LogP contribution in [0.3, 0.4) is 0 Å². The Hall–Kier alpha value is -1.86. The largest absolute Gasteiger partial charge is 0.377 e. The van der Waals surface area contributed by atoms with E-state index in [4.69, 9.17) is 9.26 Å². The zero-order valence-electron chi connectivity index (χ0n) is 11.2. The van der Waals surface area contributed by atoms with Gasteiger partial charge in [-0.2, -0.15) is 4.98 Å². The molecule has 3 heterocycles. The van der Waals surface area contributed by atoms with E-state index in [1.807, 2.05) is 41.9 Å². The number of methoxy groups -OCH3 is 1. The van der Waals surface area contributed by atoms with Crippen molar-refractivity contribution in [1.82, 2.24) is 19.5 Å². The number of ether oxygens (including phenoxy) is 1. The highest BCUT2D eigenvalue weighted by Gasteiger charge is 2.17. The smallest absolute Gasteiger partial charge is 0.240 e. The molecule has 0 fully saturated rings. The molecule has 0 aliphatic heterocycles. The summed E-state index contributed by atoms with van der Waals surface area (Å²) in [7, 11) is 1.60. The number of rotatable bonds is 5. The second-order valence-electron chi connectivity index (χ2n) is 4.28. The number of nitrogens with zero attached hydrogens (tertiary/aromatic N) is 4. The number of aromatic nitrogens is 4. The minimum Gasteiger partial charge on any atom is -0.377 e. The summed E-state index contributed by atoms with van der Waals surface area (Å²) >= 11 is 1.58. The van der Waals surface area contributed by atoms with Gasteiger partial charge in [-0.25, -0.2) is 4.98 Å². The van der Waals surface area contributed by atoms with Gasteiger partial charge in [0.2, 0.25) is 5.89 Å². The maximum absolute atomic E-state index is 5.24. The quantitative estimate of drug-likeness (QED) is 0.673. The third kappa shape index (κ3) is 2.54. The number of thioether (sulfide) groups is 1. The molecular weight excluding hydrogens is 276 g/mol. The Morgan fingerprint density at radius 3 is 3.20 bits per heavy atom. The summed E-state index contributed by atoms with van der Waals surface area (Å²) in [6.07, 6.45) is 3.83. The summed E-state index contributed by atoms with van der Waals surface area (Å²) < 4.78 is 12.3. The molecule has 0 aliphatic rings. The van der Waals surface area contributed by atoms with Crippen molar-refractivity contribution in [2.24, 2.45) is 0 Å². The van der Waals surface area contributed by atoms with E-state index in [0.717, 1.165) is 10.7 Å². The van der Waals surface area contributed by atoms with Crippen LogP contribution in [0.5, 0.6) is 0 Å². The van der Waals surface area contributed by atoms with Gasteiger partial charge in [-0.05, 0) is 19.1 Å². The molecule has 0 N–H and O–H groups in total. The molecule has 0 amide bonds. The molecule has 0 radical (unpaired) electrons. The number of hydrogen-bond acceptors (Lipinski definition) is 6. The molecule has 0 bridgehead atoms. The van der Waals surface area contributed by atoms with Crippen molar-refractivity contribution >= 4 is 17.3 Å². The lowest BCUT2D eigenvalue weighted by molar-refractivity contribution is 0.174. The third-order valence-electron chi connectivity index (χ3n) is 2.79. The maximum atomic E-state index is 5.24. The minimum absolute atomic E-state index is 0.0268. The molecule has 3 aromatic rings. The summed E-state index contributed by atoms with van der Waals surface area (Å²) in [5.74, 6) is 1.14. The van der Waals surface area contributed by atoms with Gasteiger partial charge in [0.15, 0.2) is 11.0 Å². The van der Waals surface area contributed by atoms with E-state index in [2.05, 4.69) is 15.1 Å². The van der Waals surface area contributed by atoms with E-state index >= 15 is 0 Å². The Morgan fingerprint density at radius 2 is 2.35 bits per heavy atom. The zero-order chi connectivity index (χ0) is 13.9. The molecule has 0 spiro atoms. The molecule has 0 aromatic carbocycles. The van der Waals surface area contributed by atoms with Crippen molar-refractivity contribution in [3.05, 3.63) is 42.3 Å². The number of pyridine rings is 1. The average Bonchev–Trinajstić information content (AvgIpc) is 3.07. The molecule has 0 saturated carbocycles. The fraction of sp³-hybridized carbons (Fsp3) is 0.308. The maximum Gasteiger partial charge on any atom is 0.240 e. The highest BCUT2D eigenvalue weighted by atomic mass is 32.2. The first kappa shape index (κ1) is 13.1. The standard InChI is InChI=1S/C13H14N4O2S/c1-9(12-15-11(8-18-2)16-19-12)20-13-14-7-10-5-3-4-6-17(10)13/h3-7,9H,8H2,1-2H3/t9-/m1/s1. The predicted octanol–water partition coefficient (Wildman–Crippen LogP) is 2.72. The molecule has 3 rings (SSSR count). The molecule has 20 heavy (non-hydrogen) atoms. The monoisotopic (exact) mass is 290 g/mol. The number of fused-ring (bicyclic) bond motifs is 1.